The number of benzene rings is 2. The molecule has 1 heterocycles. The number of fused-ring (bicyclic) bond motifs is 3. The molecular formula is C27H32N2O6. The number of β-amino-alcohol motifs (C(OH)–C–C–N with tert-alkyl or cyclic N) is 1. The quantitative estimate of drug-likeness (QED) is 0.533. The van der Waals surface area contributed by atoms with E-state index >= 15 is 0 Å². The van der Waals surface area contributed by atoms with Gasteiger partial charge in [-0.05, 0) is 35.1 Å². The van der Waals surface area contributed by atoms with Gasteiger partial charge in [0.2, 0.25) is 5.91 Å². The van der Waals surface area contributed by atoms with E-state index in [9.17, 15) is 24.6 Å². The van der Waals surface area contributed by atoms with Crippen LogP contribution in [0.2, 0.25) is 0 Å². The molecule has 1 saturated heterocycles. The van der Waals surface area contributed by atoms with Gasteiger partial charge in [-0.3, -0.25) is 9.59 Å². The number of carboxylic acids is 1. The van der Waals surface area contributed by atoms with Crippen molar-refractivity contribution in [3.63, 3.8) is 0 Å². The Labute approximate surface area is 204 Å². The zero-order chi connectivity index (χ0) is 24.9. The first-order valence-electron chi connectivity index (χ1n) is 12.2. The summed E-state index contributed by atoms with van der Waals surface area (Å²) in [6.45, 7) is 2.31. The Morgan fingerprint density at radius 3 is 2.29 bits per heavy atom. The highest BCUT2D eigenvalue weighted by Crippen LogP contribution is 2.44. The van der Waals surface area contributed by atoms with Gasteiger partial charge in [0.1, 0.15) is 6.61 Å². The van der Waals surface area contributed by atoms with Gasteiger partial charge in [0.05, 0.1) is 12.0 Å². The number of piperidine rings is 1. The van der Waals surface area contributed by atoms with Crippen LogP contribution in [0.4, 0.5) is 4.79 Å². The fourth-order valence-electron chi connectivity index (χ4n) is 5.18. The normalized spacial score (nSPS) is 20.0. The van der Waals surface area contributed by atoms with Crippen LogP contribution in [0.3, 0.4) is 0 Å². The Balaban J connectivity index is 1.36. The number of aliphatic hydroxyl groups excluding tert-OH is 1. The predicted octanol–water partition coefficient (Wildman–Crippen LogP) is 3.38. The van der Waals surface area contributed by atoms with Gasteiger partial charge in [-0.1, -0.05) is 61.9 Å². The number of alkyl carbamates (subject to hydrolysis) is 1. The molecule has 0 spiro atoms. The van der Waals surface area contributed by atoms with Crippen LogP contribution in [-0.4, -0.2) is 64.9 Å². The van der Waals surface area contributed by atoms with Gasteiger partial charge in [-0.15, -0.1) is 0 Å². The van der Waals surface area contributed by atoms with Gasteiger partial charge >= 0.3 is 12.1 Å². The summed E-state index contributed by atoms with van der Waals surface area (Å²) in [5, 5.41) is 22.1. The highest BCUT2D eigenvalue weighted by Gasteiger charge is 2.34. The van der Waals surface area contributed by atoms with Crippen molar-refractivity contribution in [2.45, 2.75) is 50.7 Å². The number of ether oxygens (including phenoxy) is 1. The number of aliphatic hydroxyl groups is 1. The number of hydrogen-bond acceptors (Lipinski definition) is 5. The van der Waals surface area contributed by atoms with Crippen LogP contribution in [0.1, 0.15) is 49.7 Å². The first-order valence-corrected chi connectivity index (χ1v) is 12.2. The van der Waals surface area contributed by atoms with Crippen LogP contribution in [0.15, 0.2) is 48.5 Å². The molecular weight excluding hydrogens is 448 g/mol. The lowest BCUT2D eigenvalue weighted by Gasteiger charge is -2.34. The predicted molar refractivity (Wildman–Crippen MR) is 130 cm³/mol. The van der Waals surface area contributed by atoms with Gasteiger partial charge in [-0.2, -0.15) is 0 Å². The molecule has 2 unspecified atom stereocenters. The van der Waals surface area contributed by atoms with Crippen LogP contribution in [0.5, 0.6) is 0 Å². The summed E-state index contributed by atoms with van der Waals surface area (Å²) in [6.07, 6.45) is 0.0391. The van der Waals surface area contributed by atoms with Crippen molar-refractivity contribution < 1.29 is 29.3 Å². The third-order valence-corrected chi connectivity index (χ3v) is 6.85. The van der Waals surface area contributed by atoms with Crippen LogP contribution < -0.4 is 5.32 Å². The number of hydrogen-bond donors (Lipinski definition) is 3. The molecule has 3 atom stereocenters. The Hall–Kier alpha value is -3.39. The molecule has 0 radical (unpaired) electrons. The summed E-state index contributed by atoms with van der Waals surface area (Å²) in [5.41, 5.74) is 4.54. The first-order chi connectivity index (χ1) is 16.9. The van der Waals surface area contributed by atoms with Crippen molar-refractivity contribution in [1.29, 1.82) is 0 Å². The van der Waals surface area contributed by atoms with Crippen molar-refractivity contribution in [2.75, 3.05) is 19.7 Å². The van der Waals surface area contributed by atoms with E-state index in [0.717, 1.165) is 28.7 Å². The van der Waals surface area contributed by atoms with E-state index in [1.54, 1.807) is 0 Å². The molecule has 1 fully saturated rings. The smallest absolute Gasteiger partial charge is 0.407 e. The Bertz CT molecular complexity index is 1040. The number of aliphatic carboxylic acids is 1. The molecule has 35 heavy (non-hydrogen) atoms. The van der Waals surface area contributed by atoms with E-state index in [1.165, 1.54) is 4.90 Å². The summed E-state index contributed by atoms with van der Waals surface area (Å²) in [7, 11) is 0. The molecule has 0 aromatic heterocycles. The number of nitrogens with one attached hydrogen (secondary N) is 1. The van der Waals surface area contributed by atoms with E-state index < -0.39 is 30.1 Å². The minimum atomic E-state index is -1.02. The summed E-state index contributed by atoms with van der Waals surface area (Å²) >= 11 is 0. The van der Waals surface area contributed by atoms with Crippen molar-refractivity contribution in [2.24, 2.45) is 5.92 Å². The van der Waals surface area contributed by atoms with Crippen LogP contribution >= 0.6 is 0 Å². The second-order valence-corrected chi connectivity index (χ2v) is 9.38. The second-order valence-electron chi connectivity index (χ2n) is 9.38. The number of amides is 2. The molecule has 2 aromatic rings. The minimum Gasteiger partial charge on any atom is -0.481 e. The molecule has 186 valence electrons. The molecule has 1 aliphatic carbocycles. The van der Waals surface area contributed by atoms with Gasteiger partial charge in [0, 0.05) is 31.5 Å². The van der Waals surface area contributed by atoms with E-state index in [-0.39, 0.29) is 44.4 Å². The van der Waals surface area contributed by atoms with Crippen LogP contribution in [0.25, 0.3) is 11.1 Å². The zero-order valence-corrected chi connectivity index (χ0v) is 19.9. The number of likely N-dealkylation sites (tertiary alicyclic amines) is 1. The van der Waals surface area contributed by atoms with Crippen LogP contribution in [0, 0.1) is 5.92 Å². The molecule has 8 heteroatoms. The fourth-order valence-corrected chi connectivity index (χ4v) is 5.18. The maximum absolute atomic E-state index is 12.8. The first kappa shape index (κ1) is 24.7. The highest BCUT2D eigenvalue weighted by atomic mass is 16.5. The third kappa shape index (κ3) is 5.65. The number of carboxylic acid groups (broad SMARTS) is 1. The second kappa shape index (κ2) is 10.9. The third-order valence-electron chi connectivity index (χ3n) is 6.85. The highest BCUT2D eigenvalue weighted by molar-refractivity contribution is 5.80. The lowest BCUT2D eigenvalue weighted by atomic mass is 9.95. The van der Waals surface area contributed by atoms with Crippen molar-refractivity contribution in [1.82, 2.24) is 10.2 Å². The van der Waals surface area contributed by atoms with E-state index in [1.807, 2.05) is 31.2 Å². The molecule has 1 aliphatic heterocycles. The van der Waals surface area contributed by atoms with Crippen molar-refractivity contribution in [3.8, 4) is 11.1 Å². The SMILES string of the molecule is CCC[C@H](CC(=O)N1CC(O)CC(C(=O)O)C1)NC(=O)OCC1c2ccccc2-c2ccccc21. The molecule has 3 N–H and O–H groups in total. The Kier molecular flexibility index (Phi) is 7.70. The lowest BCUT2D eigenvalue weighted by molar-refractivity contribution is -0.148. The molecule has 8 nitrogen and oxygen atoms in total. The molecule has 0 saturated carbocycles. The molecule has 4 rings (SSSR count). The van der Waals surface area contributed by atoms with E-state index in [2.05, 4.69) is 29.6 Å². The summed E-state index contributed by atoms with van der Waals surface area (Å²) < 4.78 is 5.62. The van der Waals surface area contributed by atoms with Crippen molar-refractivity contribution >= 4 is 18.0 Å². The molecule has 2 amide bonds. The maximum Gasteiger partial charge on any atom is 0.407 e. The van der Waals surface area contributed by atoms with E-state index in [0.29, 0.717) is 6.42 Å². The average molecular weight is 481 g/mol. The minimum absolute atomic E-state index is 0.0249. The Morgan fingerprint density at radius 2 is 1.69 bits per heavy atom. The number of rotatable bonds is 8. The Morgan fingerprint density at radius 1 is 1.06 bits per heavy atom. The zero-order valence-electron chi connectivity index (χ0n) is 19.9. The topological polar surface area (TPSA) is 116 Å². The van der Waals surface area contributed by atoms with E-state index in [4.69, 9.17) is 4.74 Å². The van der Waals surface area contributed by atoms with Gasteiger partial charge in [0.15, 0.2) is 0 Å². The maximum atomic E-state index is 12.8. The number of carbonyl (C=O) groups is 3. The van der Waals surface area contributed by atoms with Gasteiger partial charge in [-0.25, -0.2) is 4.79 Å². The number of carbonyl (C=O) groups excluding carboxylic acids is 2. The van der Waals surface area contributed by atoms with Crippen LogP contribution in [-0.2, 0) is 14.3 Å². The monoisotopic (exact) mass is 480 g/mol. The fraction of sp³-hybridized carbons (Fsp3) is 0.444. The summed E-state index contributed by atoms with van der Waals surface area (Å²) in [4.78, 5) is 38.3. The van der Waals surface area contributed by atoms with Gasteiger partial charge < -0.3 is 25.2 Å². The summed E-state index contributed by atoms with van der Waals surface area (Å²) in [6, 6.07) is 15.8. The molecule has 0 bridgehead atoms. The standard InChI is InChI=1S/C27H32N2O6/c1-2-7-18(13-25(31)29-14-17(26(32)33)12-19(30)15-29)28-27(34)35-16-24-22-10-5-3-8-20(22)21-9-4-6-11-23(21)24/h3-6,8-11,17-19,24,30H,2,7,12-16H2,1H3,(H,28,34)(H,32,33)/t17?,18-,19?/m1/s1. The van der Waals surface area contributed by atoms with Crippen molar-refractivity contribution in [3.05, 3.63) is 59.7 Å². The lowest BCUT2D eigenvalue weighted by Crippen LogP contribution is -2.50. The molecule has 2 aromatic carbocycles. The summed E-state index contributed by atoms with van der Waals surface area (Å²) in [5.74, 6) is -2.15. The largest absolute Gasteiger partial charge is 0.481 e. The average Bonchev–Trinajstić information content (AvgIpc) is 3.16. The molecule has 2 aliphatic rings. The van der Waals surface area contributed by atoms with Gasteiger partial charge in [0.25, 0.3) is 0 Å². The number of nitrogens with zero attached hydrogens (tertiary/aromatic N) is 1.